The van der Waals surface area contributed by atoms with Crippen molar-refractivity contribution in [3.63, 3.8) is 0 Å². The molecule has 0 fully saturated rings. The van der Waals surface area contributed by atoms with Gasteiger partial charge in [-0.2, -0.15) is 0 Å². The van der Waals surface area contributed by atoms with Crippen LogP contribution in [0, 0.1) is 0 Å². The molecule has 0 bridgehead atoms. The van der Waals surface area contributed by atoms with Gasteiger partial charge in [0.05, 0.1) is 11.9 Å². The summed E-state index contributed by atoms with van der Waals surface area (Å²) in [6, 6.07) is 7.45. The van der Waals surface area contributed by atoms with E-state index < -0.39 is 15.9 Å². The Morgan fingerprint density at radius 3 is 2.58 bits per heavy atom. The highest BCUT2D eigenvalue weighted by Gasteiger charge is 2.12. The number of rotatable bonds is 7. The number of ether oxygens (including phenoxy) is 1. The molecule has 1 aromatic carbocycles. The molecule has 1 amide bonds. The largest absolute Gasteiger partial charge is 0.491 e. The summed E-state index contributed by atoms with van der Waals surface area (Å²) < 4.78 is 27.3. The molecule has 1 aromatic heterocycles. The molecule has 0 saturated heterocycles. The van der Waals surface area contributed by atoms with Gasteiger partial charge in [0.2, 0.25) is 10.0 Å². The van der Waals surface area contributed by atoms with Crippen molar-refractivity contribution in [3.8, 4) is 16.3 Å². The fourth-order valence-corrected chi connectivity index (χ4v) is 3.05. The Kier molecular flexibility index (Phi) is 5.92. The molecular formula is C15H19N3O4S2. The van der Waals surface area contributed by atoms with Crippen molar-refractivity contribution < 1.29 is 17.9 Å². The van der Waals surface area contributed by atoms with E-state index in [1.807, 2.05) is 38.1 Å². The Hall–Kier alpha value is -1.97. The van der Waals surface area contributed by atoms with Gasteiger partial charge in [-0.05, 0) is 38.1 Å². The number of amides is 1. The fraction of sp³-hybridized carbons (Fsp3) is 0.333. The van der Waals surface area contributed by atoms with Crippen LogP contribution in [-0.4, -0.2) is 37.7 Å². The van der Waals surface area contributed by atoms with Gasteiger partial charge in [-0.1, -0.05) is 0 Å². The number of nitrogens with two attached hydrogens (primary N) is 1. The molecule has 0 unspecified atom stereocenters. The van der Waals surface area contributed by atoms with E-state index in [0.29, 0.717) is 5.01 Å². The van der Waals surface area contributed by atoms with E-state index in [2.05, 4.69) is 10.3 Å². The lowest BCUT2D eigenvalue weighted by atomic mass is 10.2. The Morgan fingerprint density at radius 2 is 2.00 bits per heavy atom. The third kappa shape index (κ3) is 5.59. The predicted molar refractivity (Wildman–Crippen MR) is 93.6 cm³/mol. The Morgan fingerprint density at radius 1 is 1.33 bits per heavy atom. The van der Waals surface area contributed by atoms with E-state index in [1.165, 1.54) is 11.3 Å². The SMILES string of the molecule is CC(C)Oc1ccc(-c2nc(C(=O)NCCS(N)(=O)=O)cs2)cc1. The Bertz CT molecular complexity index is 798. The number of hydrogen-bond acceptors (Lipinski definition) is 6. The van der Waals surface area contributed by atoms with E-state index in [4.69, 9.17) is 9.88 Å². The average molecular weight is 369 g/mol. The molecule has 0 saturated carbocycles. The number of carbonyl (C=O) groups is 1. The van der Waals surface area contributed by atoms with E-state index in [0.717, 1.165) is 11.3 Å². The first-order valence-electron chi connectivity index (χ1n) is 7.26. The number of benzene rings is 1. The summed E-state index contributed by atoms with van der Waals surface area (Å²) in [5, 5.41) is 9.68. The van der Waals surface area contributed by atoms with Crippen LogP contribution in [-0.2, 0) is 10.0 Å². The molecule has 24 heavy (non-hydrogen) atoms. The molecule has 0 aliphatic rings. The summed E-state index contributed by atoms with van der Waals surface area (Å²) in [4.78, 5) is 16.2. The minimum absolute atomic E-state index is 0.0498. The van der Waals surface area contributed by atoms with Crippen LogP contribution in [0.15, 0.2) is 29.6 Å². The summed E-state index contributed by atoms with van der Waals surface area (Å²) in [5.41, 5.74) is 1.12. The number of aromatic nitrogens is 1. The zero-order chi connectivity index (χ0) is 17.7. The number of hydrogen-bond donors (Lipinski definition) is 2. The molecule has 0 aliphatic heterocycles. The van der Waals surface area contributed by atoms with Gasteiger partial charge in [0.25, 0.3) is 5.91 Å². The summed E-state index contributed by atoms with van der Waals surface area (Å²) in [6.45, 7) is 3.86. The molecule has 9 heteroatoms. The summed E-state index contributed by atoms with van der Waals surface area (Å²) in [7, 11) is -3.60. The third-order valence-corrected chi connectivity index (χ3v) is 4.55. The minimum Gasteiger partial charge on any atom is -0.491 e. The quantitative estimate of drug-likeness (QED) is 0.770. The smallest absolute Gasteiger partial charge is 0.270 e. The standard InChI is InChI=1S/C15H19N3O4S2/c1-10(2)22-12-5-3-11(4-6-12)15-18-13(9-23-15)14(19)17-7-8-24(16,20)21/h3-6,9-10H,7-8H2,1-2H3,(H,17,19)(H2,16,20,21). The highest BCUT2D eigenvalue weighted by molar-refractivity contribution is 7.89. The van der Waals surface area contributed by atoms with Crippen LogP contribution < -0.4 is 15.2 Å². The van der Waals surface area contributed by atoms with Crippen LogP contribution in [0.5, 0.6) is 5.75 Å². The molecule has 0 radical (unpaired) electrons. The average Bonchev–Trinajstić information content (AvgIpc) is 2.96. The first-order valence-corrected chi connectivity index (χ1v) is 9.85. The molecule has 1 heterocycles. The van der Waals surface area contributed by atoms with Crippen molar-refractivity contribution in [2.75, 3.05) is 12.3 Å². The van der Waals surface area contributed by atoms with Crippen LogP contribution in [0.4, 0.5) is 0 Å². The summed E-state index contributed by atoms with van der Waals surface area (Å²) in [6.07, 6.45) is 0.100. The van der Waals surface area contributed by atoms with E-state index in [9.17, 15) is 13.2 Å². The number of nitrogens with one attached hydrogen (secondary N) is 1. The second kappa shape index (κ2) is 7.73. The van der Waals surface area contributed by atoms with Crippen LogP contribution in [0.3, 0.4) is 0 Å². The van der Waals surface area contributed by atoms with Gasteiger partial charge in [-0.25, -0.2) is 18.5 Å². The normalized spacial score (nSPS) is 11.5. The van der Waals surface area contributed by atoms with E-state index >= 15 is 0 Å². The number of thiazole rings is 1. The highest BCUT2D eigenvalue weighted by atomic mass is 32.2. The van der Waals surface area contributed by atoms with E-state index in [-0.39, 0.29) is 24.1 Å². The highest BCUT2D eigenvalue weighted by Crippen LogP contribution is 2.26. The van der Waals surface area contributed by atoms with Crippen LogP contribution in [0.2, 0.25) is 0 Å². The Labute approximate surface area is 144 Å². The zero-order valence-electron chi connectivity index (χ0n) is 13.4. The van der Waals surface area contributed by atoms with Crippen LogP contribution in [0.25, 0.3) is 10.6 Å². The van der Waals surface area contributed by atoms with Gasteiger partial charge in [0, 0.05) is 17.5 Å². The van der Waals surface area contributed by atoms with Crippen molar-refractivity contribution >= 4 is 27.3 Å². The van der Waals surface area contributed by atoms with Crippen molar-refractivity contribution in [3.05, 3.63) is 35.3 Å². The molecule has 0 atom stereocenters. The topological polar surface area (TPSA) is 111 Å². The number of carbonyl (C=O) groups excluding carboxylic acids is 1. The molecule has 2 aromatic rings. The maximum Gasteiger partial charge on any atom is 0.270 e. The minimum atomic E-state index is -3.60. The second-order valence-corrected chi connectivity index (χ2v) is 7.94. The molecule has 2 rings (SSSR count). The Balaban J connectivity index is 2.00. The fourth-order valence-electron chi connectivity index (χ4n) is 1.86. The zero-order valence-corrected chi connectivity index (χ0v) is 15.0. The lowest BCUT2D eigenvalue weighted by Crippen LogP contribution is -2.31. The molecule has 0 aliphatic carbocycles. The van der Waals surface area contributed by atoms with Crippen LogP contribution >= 0.6 is 11.3 Å². The second-order valence-electron chi connectivity index (χ2n) is 5.35. The molecule has 7 nitrogen and oxygen atoms in total. The predicted octanol–water partition coefficient (Wildman–Crippen LogP) is 1.62. The molecule has 130 valence electrons. The first kappa shape index (κ1) is 18.4. The first-order chi connectivity index (χ1) is 11.2. The summed E-state index contributed by atoms with van der Waals surface area (Å²) in [5.74, 6) is 0.0275. The molecule has 3 N–H and O–H groups in total. The lowest BCUT2D eigenvalue weighted by Gasteiger charge is -2.09. The van der Waals surface area contributed by atoms with Crippen molar-refractivity contribution in [1.29, 1.82) is 0 Å². The molecular weight excluding hydrogens is 350 g/mol. The van der Waals surface area contributed by atoms with Gasteiger partial charge < -0.3 is 10.1 Å². The maximum absolute atomic E-state index is 11.9. The van der Waals surface area contributed by atoms with Crippen LogP contribution in [0.1, 0.15) is 24.3 Å². The van der Waals surface area contributed by atoms with Gasteiger partial charge in [0.15, 0.2) is 0 Å². The van der Waals surface area contributed by atoms with Crippen molar-refractivity contribution in [1.82, 2.24) is 10.3 Å². The van der Waals surface area contributed by atoms with Gasteiger partial charge in [0.1, 0.15) is 16.5 Å². The summed E-state index contributed by atoms with van der Waals surface area (Å²) >= 11 is 1.33. The van der Waals surface area contributed by atoms with Crippen molar-refractivity contribution in [2.45, 2.75) is 20.0 Å². The van der Waals surface area contributed by atoms with Gasteiger partial charge in [-0.15, -0.1) is 11.3 Å². The van der Waals surface area contributed by atoms with E-state index in [1.54, 1.807) is 5.38 Å². The maximum atomic E-state index is 11.9. The van der Waals surface area contributed by atoms with Gasteiger partial charge >= 0.3 is 0 Å². The number of primary sulfonamides is 1. The third-order valence-electron chi connectivity index (χ3n) is 2.88. The monoisotopic (exact) mass is 369 g/mol. The van der Waals surface area contributed by atoms with Crippen molar-refractivity contribution in [2.24, 2.45) is 5.14 Å². The number of nitrogens with zero attached hydrogens (tertiary/aromatic N) is 1. The molecule has 0 spiro atoms. The number of sulfonamides is 1. The lowest BCUT2D eigenvalue weighted by molar-refractivity contribution is 0.0952. The van der Waals surface area contributed by atoms with Gasteiger partial charge in [-0.3, -0.25) is 4.79 Å².